The fraction of sp³-hybridized carbons (Fsp3) is 0.385. The van der Waals surface area contributed by atoms with Gasteiger partial charge >= 0.3 is 5.97 Å². The standard InChI is InChI=1S/C13H14N2O3/c1-17-12(16)10-6-4-8-15(10)13-14-9-5-2-3-7-11(9)18-13/h2-3,5,7,10H,4,6,8H2,1H3/t10-/m1/s1. The summed E-state index contributed by atoms with van der Waals surface area (Å²) in [6.07, 6.45) is 1.73. The number of ether oxygens (including phenoxy) is 1. The first kappa shape index (κ1) is 11.1. The van der Waals surface area contributed by atoms with E-state index in [9.17, 15) is 4.79 Å². The van der Waals surface area contributed by atoms with Gasteiger partial charge < -0.3 is 14.1 Å². The first-order chi connectivity index (χ1) is 8.79. The van der Waals surface area contributed by atoms with Crippen LogP contribution in [0.4, 0.5) is 6.01 Å². The molecule has 1 aliphatic rings. The summed E-state index contributed by atoms with van der Waals surface area (Å²) in [6, 6.07) is 7.81. The highest BCUT2D eigenvalue weighted by molar-refractivity contribution is 5.81. The second-order valence-electron chi connectivity index (χ2n) is 4.34. The fourth-order valence-corrected chi connectivity index (χ4v) is 2.36. The summed E-state index contributed by atoms with van der Waals surface area (Å²) in [5.41, 5.74) is 1.55. The molecule has 18 heavy (non-hydrogen) atoms. The summed E-state index contributed by atoms with van der Waals surface area (Å²) in [4.78, 5) is 18.0. The van der Waals surface area contributed by atoms with Gasteiger partial charge in [0, 0.05) is 6.54 Å². The van der Waals surface area contributed by atoms with Gasteiger partial charge in [0.25, 0.3) is 6.01 Å². The molecule has 1 fully saturated rings. The zero-order chi connectivity index (χ0) is 12.5. The lowest BCUT2D eigenvalue weighted by Crippen LogP contribution is -2.37. The maximum atomic E-state index is 11.7. The van der Waals surface area contributed by atoms with Crippen LogP contribution in [0.3, 0.4) is 0 Å². The average Bonchev–Trinajstić information content (AvgIpc) is 3.03. The number of rotatable bonds is 2. The zero-order valence-electron chi connectivity index (χ0n) is 10.1. The highest BCUT2D eigenvalue weighted by atomic mass is 16.5. The molecule has 0 amide bonds. The molecule has 5 heteroatoms. The van der Waals surface area contributed by atoms with Crippen molar-refractivity contribution < 1.29 is 13.9 Å². The van der Waals surface area contributed by atoms with Crippen LogP contribution in [0.25, 0.3) is 11.1 Å². The molecule has 1 aliphatic heterocycles. The van der Waals surface area contributed by atoms with Crippen LogP contribution in [0, 0.1) is 0 Å². The molecular weight excluding hydrogens is 232 g/mol. The van der Waals surface area contributed by atoms with Crippen LogP contribution >= 0.6 is 0 Å². The number of benzene rings is 1. The smallest absolute Gasteiger partial charge is 0.328 e. The van der Waals surface area contributed by atoms with E-state index in [-0.39, 0.29) is 12.0 Å². The van der Waals surface area contributed by atoms with Gasteiger partial charge in [0.05, 0.1) is 7.11 Å². The number of nitrogens with zero attached hydrogens (tertiary/aromatic N) is 2. The van der Waals surface area contributed by atoms with Gasteiger partial charge in [0.15, 0.2) is 5.58 Å². The molecule has 0 saturated carbocycles. The van der Waals surface area contributed by atoms with E-state index in [2.05, 4.69) is 4.98 Å². The number of carbonyl (C=O) groups is 1. The number of para-hydroxylation sites is 2. The Morgan fingerprint density at radius 1 is 1.50 bits per heavy atom. The second-order valence-corrected chi connectivity index (χ2v) is 4.34. The number of fused-ring (bicyclic) bond motifs is 1. The topological polar surface area (TPSA) is 55.6 Å². The molecule has 1 atom stereocenters. The lowest BCUT2D eigenvalue weighted by molar-refractivity contribution is -0.142. The summed E-state index contributed by atoms with van der Waals surface area (Å²) in [5.74, 6) is -0.227. The van der Waals surface area contributed by atoms with Crippen molar-refractivity contribution in [1.82, 2.24) is 4.98 Å². The van der Waals surface area contributed by atoms with Gasteiger partial charge in [0.1, 0.15) is 11.6 Å². The van der Waals surface area contributed by atoms with Gasteiger partial charge in [-0.05, 0) is 25.0 Å². The number of aromatic nitrogens is 1. The van der Waals surface area contributed by atoms with Gasteiger partial charge in [-0.25, -0.2) is 4.79 Å². The van der Waals surface area contributed by atoms with Crippen LogP contribution in [0.1, 0.15) is 12.8 Å². The Balaban J connectivity index is 1.95. The van der Waals surface area contributed by atoms with Crippen LogP contribution in [0.15, 0.2) is 28.7 Å². The highest BCUT2D eigenvalue weighted by Gasteiger charge is 2.34. The first-order valence-corrected chi connectivity index (χ1v) is 5.99. The van der Waals surface area contributed by atoms with E-state index in [1.807, 2.05) is 29.2 Å². The van der Waals surface area contributed by atoms with E-state index < -0.39 is 0 Å². The fourth-order valence-electron chi connectivity index (χ4n) is 2.36. The van der Waals surface area contributed by atoms with Gasteiger partial charge in [-0.3, -0.25) is 0 Å². The molecule has 3 rings (SSSR count). The Morgan fingerprint density at radius 3 is 3.11 bits per heavy atom. The van der Waals surface area contributed by atoms with Gasteiger partial charge in [-0.2, -0.15) is 4.98 Å². The number of esters is 1. The SMILES string of the molecule is COC(=O)[C@H]1CCCN1c1nc2ccccc2o1. The Hall–Kier alpha value is -2.04. The summed E-state index contributed by atoms with van der Waals surface area (Å²) >= 11 is 0. The lowest BCUT2D eigenvalue weighted by atomic mass is 10.2. The Bertz CT molecular complexity index is 545. The van der Waals surface area contributed by atoms with Crippen molar-refractivity contribution in [1.29, 1.82) is 0 Å². The van der Waals surface area contributed by atoms with Crippen LogP contribution in [-0.4, -0.2) is 30.6 Å². The van der Waals surface area contributed by atoms with Gasteiger partial charge in [0.2, 0.25) is 0 Å². The molecule has 1 saturated heterocycles. The quantitative estimate of drug-likeness (QED) is 0.758. The summed E-state index contributed by atoms with van der Waals surface area (Å²) in [6.45, 7) is 0.770. The Kier molecular flexibility index (Phi) is 2.66. The summed E-state index contributed by atoms with van der Waals surface area (Å²) < 4.78 is 10.5. The third kappa shape index (κ3) is 1.72. The van der Waals surface area contributed by atoms with E-state index in [4.69, 9.17) is 9.15 Å². The van der Waals surface area contributed by atoms with Gasteiger partial charge in [-0.15, -0.1) is 0 Å². The average molecular weight is 246 g/mol. The number of anilines is 1. The number of hydrogen-bond acceptors (Lipinski definition) is 5. The predicted molar refractivity (Wildman–Crippen MR) is 66.4 cm³/mol. The van der Waals surface area contributed by atoms with Crippen LogP contribution in [0.5, 0.6) is 0 Å². The molecule has 94 valence electrons. The van der Waals surface area contributed by atoms with Crippen molar-refractivity contribution in [3.05, 3.63) is 24.3 Å². The Labute approximate surface area is 104 Å². The zero-order valence-corrected chi connectivity index (χ0v) is 10.1. The molecule has 0 bridgehead atoms. The lowest BCUT2D eigenvalue weighted by Gasteiger charge is -2.20. The van der Waals surface area contributed by atoms with E-state index in [0.717, 1.165) is 30.5 Å². The monoisotopic (exact) mass is 246 g/mol. The van der Waals surface area contributed by atoms with E-state index in [0.29, 0.717) is 6.01 Å². The van der Waals surface area contributed by atoms with Crippen molar-refractivity contribution in [2.45, 2.75) is 18.9 Å². The van der Waals surface area contributed by atoms with Crippen molar-refractivity contribution in [2.24, 2.45) is 0 Å². The van der Waals surface area contributed by atoms with Gasteiger partial charge in [-0.1, -0.05) is 12.1 Å². The predicted octanol–water partition coefficient (Wildman–Crippen LogP) is 1.97. The number of hydrogen-bond donors (Lipinski definition) is 0. The number of oxazole rings is 1. The molecule has 1 aromatic carbocycles. The maximum Gasteiger partial charge on any atom is 0.328 e. The molecule has 0 N–H and O–H groups in total. The third-order valence-electron chi connectivity index (χ3n) is 3.25. The maximum absolute atomic E-state index is 11.7. The summed E-state index contributed by atoms with van der Waals surface area (Å²) in [7, 11) is 1.41. The second kappa shape index (κ2) is 4.33. The van der Waals surface area contributed by atoms with Crippen molar-refractivity contribution in [3.63, 3.8) is 0 Å². The van der Waals surface area contributed by atoms with E-state index in [1.165, 1.54) is 7.11 Å². The summed E-state index contributed by atoms with van der Waals surface area (Å²) in [5, 5.41) is 0. The van der Waals surface area contributed by atoms with E-state index >= 15 is 0 Å². The largest absolute Gasteiger partial charge is 0.467 e. The molecule has 0 unspecified atom stereocenters. The minimum Gasteiger partial charge on any atom is -0.467 e. The van der Waals surface area contributed by atoms with Crippen LogP contribution < -0.4 is 4.90 Å². The minimum atomic E-state index is -0.275. The van der Waals surface area contributed by atoms with Crippen LogP contribution in [0.2, 0.25) is 0 Å². The normalized spacial score (nSPS) is 19.4. The van der Waals surface area contributed by atoms with Crippen LogP contribution in [-0.2, 0) is 9.53 Å². The van der Waals surface area contributed by atoms with Crippen molar-refractivity contribution in [2.75, 3.05) is 18.6 Å². The molecule has 2 aromatic rings. The molecule has 0 aliphatic carbocycles. The molecule has 0 spiro atoms. The highest BCUT2D eigenvalue weighted by Crippen LogP contribution is 2.28. The Morgan fingerprint density at radius 2 is 2.33 bits per heavy atom. The molecule has 2 heterocycles. The third-order valence-corrected chi connectivity index (χ3v) is 3.25. The number of carbonyl (C=O) groups excluding carboxylic acids is 1. The first-order valence-electron chi connectivity index (χ1n) is 5.99. The molecule has 0 radical (unpaired) electrons. The molecular formula is C13H14N2O3. The van der Waals surface area contributed by atoms with Crippen molar-refractivity contribution in [3.8, 4) is 0 Å². The minimum absolute atomic E-state index is 0.227. The molecule has 1 aromatic heterocycles. The van der Waals surface area contributed by atoms with Crippen molar-refractivity contribution >= 4 is 23.1 Å². The van der Waals surface area contributed by atoms with E-state index in [1.54, 1.807) is 0 Å². The molecule has 5 nitrogen and oxygen atoms in total. The number of methoxy groups -OCH3 is 1.